The smallest absolute Gasteiger partial charge is 0.224 e. The monoisotopic (exact) mass is 287 g/mol. The highest BCUT2D eigenvalue weighted by atomic mass is 35.5. The van der Waals surface area contributed by atoms with Gasteiger partial charge in [0.2, 0.25) is 5.91 Å². The van der Waals surface area contributed by atoms with Crippen LogP contribution in [0.4, 0.5) is 4.39 Å². The summed E-state index contributed by atoms with van der Waals surface area (Å²) in [6.45, 7) is 4.18. The fraction of sp³-hybridized carbons (Fsp3) is 0.500. The molecule has 0 aliphatic rings. The zero-order valence-electron chi connectivity index (χ0n) is 11.1. The van der Waals surface area contributed by atoms with E-state index in [0.29, 0.717) is 13.0 Å². The molecular weight excluding hydrogens is 269 g/mol. The second kappa shape index (κ2) is 7.46. The summed E-state index contributed by atoms with van der Waals surface area (Å²) in [4.78, 5) is 11.7. The van der Waals surface area contributed by atoms with Crippen LogP contribution >= 0.6 is 11.6 Å². The Morgan fingerprint density at radius 3 is 2.74 bits per heavy atom. The van der Waals surface area contributed by atoms with Gasteiger partial charge in [0.1, 0.15) is 5.82 Å². The Hall–Kier alpha value is -1.13. The van der Waals surface area contributed by atoms with Crippen LogP contribution in [0, 0.1) is 11.7 Å². The van der Waals surface area contributed by atoms with Gasteiger partial charge in [0.25, 0.3) is 0 Å². The zero-order chi connectivity index (χ0) is 14.4. The molecule has 5 heteroatoms. The first-order valence-electron chi connectivity index (χ1n) is 6.29. The van der Waals surface area contributed by atoms with Gasteiger partial charge in [-0.3, -0.25) is 4.79 Å². The Balaban J connectivity index is 2.44. The normalized spacial score (nSPS) is 12.5. The van der Waals surface area contributed by atoms with Crippen LogP contribution in [0.3, 0.4) is 0 Å². The summed E-state index contributed by atoms with van der Waals surface area (Å²) in [6.07, 6.45) is -0.0603. The Labute approximate surface area is 117 Å². The highest BCUT2D eigenvalue weighted by Gasteiger charge is 2.13. The van der Waals surface area contributed by atoms with Crippen molar-refractivity contribution in [2.45, 2.75) is 32.8 Å². The van der Waals surface area contributed by atoms with Gasteiger partial charge in [0, 0.05) is 17.1 Å². The van der Waals surface area contributed by atoms with Gasteiger partial charge in [-0.2, -0.15) is 0 Å². The van der Waals surface area contributed by atoms with Crippen LogP contribution in [0.2, 0.25) is 5.02 Å². The molecule has 1 amide bonds. The molecule has 0 fully saturated rings. The second-order valence-corrected chi connectivity index (χ2v) is 5.23. The molecule has 106 valence electrons. The number of nitrogens with one attached hydrogen (secondary N) is 1. The Morgan fingerprint density at radius 1 is 1.47 bits per heavy atom. The van der Waals surface area contributed by atoms with Gasteiger partial charge in [-0.25, -0.2) is 4.39 Å². The van der Waals surface area contributed by atoms with Crippen molar-refractivity contribution in [3.8, 4) is 0 Å². The van der Waals surface area contributed by atoms with E-state index in [-0.39, 0.29) is 28.8 Å². The van der Waals surface area contributed by atoms with Crippen molar-refractivity contribution in [1.82, 2.24) is 5.32 Å². The number of aliphatic hydroxyl groups excluding tert-OH is 1. The van der Waals surface area contributed by atoms with Gasteiger partial charge in [-0.05, 0) is 24.5 Å². The maximum Gasteiger partial charge on any atom is 0.224 e. The first-order chi connectivity index (χ1) is 8.91. The quantitative estimate of drug-likeness (QED) is 0.845. The number of aliphatic hydroxyl groups is 1. The van der Waals surface area contributed by atoms with E-state index in [4.69, 9.17) is 11.6 Å². The minimum Gasteiger partial charge on any atom is -0.393 e. The lowest BCUT2D eigenvalue weighted by molar-refractivity contribution is -0.120. The molecule has 0 aromatic heterocycles. The van der Waals surface area contributed by atoms with E-state index in [0.717, 1.165) is 0 Å². The van der Waals surface area contributed by atoms with Gasteiger partial charge < -0.3 is 10.4 Å². The summed E-state index contributed by atoms with van der Waals surface area (Å²) in [5.41, 5.74) is 0.200. The number of rotatable bonds is 6. The van der Waals surface area contributed by atoms with Gasteiger partial charge >= 0.3 is 0 Å². The first-order valence-corrected chi connectivity index (χ1v) is 6.67. The van der Waals surface area contributed by atoms with E-state index in [1.165, 1.54) is 12.1 Å². The van der Waals surface area contributed by atoms with Crippen molar-refractivity contribution in [1.29, 1.82) is 0 Å². The summed E-state index contributed by atoms with van der Waals surface area (Å²) in [7, 11) is 0. The van der Waals surface area contributed by atoms with Gasteiger partial charge in [-0.1, -0.05) is 31.5 Å². The second-order valence-electron chi connectivity index (χ2n) is 4.83. The topological polar surface area (TPSA) is 49.3 Å². The van der Waals surface area contributed by atoms with Gasteiger partial charge in [0.05, 0.1) is 12.5 Å². The van der Waals surface area contributed by atoms with Crippen LogP contribution in [-0.2, 0) is 11.2 Å². The predicted molar refractivity (Wildman–Crippen MR) is 73.6 cm³/mol. The maximum absolute atomic E-state index is 13.5. The van der Waals surface area contributed by atoms with Gasteiger partial charge in [0.15, 0.2) is 0 Å². The van der Waals surface area contributed by atoms with Crippen molar-refractivity contribution >= 4 is 17.5 Å². The highest BCUT2D eigenvalue weighted by molar-refractivity contribution is 6.31. The molecule has 0 radical (unpaired) electrons. The summed E-state index contributed by atoms with van der Waals surface area (Å²) < 4.78 is 13.5. The van der Waals surface area contributed by atoms with Crippen LogP contribution in [0.25, 0.3) is 0 Å². The van der Waals surface area contributed by atoms with Crippen LogP contribution in [0.5, 0.6) is 0 Å². The molecule has 3 nitrogen and oxygen atoms in total. The molecule has 1 atom stereocenters. The zero-order valence-corrected chi connectivity index (χ0v) is 11.9. The summed E-state index contributed by atoms with van der Waals surface area (Å²) >= 11 is 5.84. The molecule has 0 bridgehead atoms. The fourth-order valence-electron chi connectivity index (χ4n) is 1.62. The Kier molecular flexibility index (Phi) is 6.25. The SMILES string of the molecule is CC(C)C(O)CCNC(=O)Cc1c(F)cccc1Cl. The van der Waals surface area contributed by atoms with Crippen LogP contribution in [0.1, 0.15) is 25.8 Å². The number of hydrogen-bond donors (Lipinski definition) is 2. The average molecular weight is 288 g/mol. The molecule has 0 aliphatic carbocycles. The molecule has 0 saturated carbocycles. The van der Waals surface area contributed by atoms with E-state index in [9.17, 15) is 14.3 Å². The van der Waals surface area contributed by atoms with E-state index < -0.39 is 11.9 Å². The molecule has 1 unspecified atom stereocenters. The average Bonchev–Trinajstić information content (AvgIpc) is 2.33. The van der Waals surface area contributed by atoms with Crippen LogP contribution < -0.4 is 5.32 Å². The molecule has 1 aromatic carbocycles. The van der Waals surface area contributed by atoms with Gasteiger partial charge in [-0.15, -0.1) is 0 Å². The minimum absolute atomic E-state index is 0.0940. The van der Waals surface area contributed by atoms with Crippen molar-refractivity contribution in [3.05, 3.63) is 34.6 Å². The minimum atomic E-state index is -0.482. The predicted octanol–water partition coefficient (Wildman–Crippen LogP) is 2.54. The molecule has 2 N–H and O–H groups in total. The molecule has 0 aliphatic heterocycles. The largest absolute Gasteiger partial charge is 0.393 e. The van der Waals surface area contributed by atoms with Crippen LogP contribution in [-0.4, -0.2) is 23.7 Å². The number of carbonyl (C=O) groups excluding carboxylic acids is 1. The van der Waals surface area contributed by atoms with Crippen molar-refractivity contribution in [2.24, 2.45) is 5.92 Å². The van der Waals surface area contributed by atoms with Crippen molar-refractivity contribution < 1.29 is 14.3 Å². The van der Waals surface area contributed by atoms with E-state index in [1.807, 2.05) is 13.8 Å². The van der Waals surface area contributed by atoms with E-state index in [2.05, 4.69) is 5.32 Å². The van der Waals surface area contributed by atoms with Crippen molar-refractivity contribution in [3.63, 3.8) is 0 Å². The fourth-order valence-corrected chi connectivity index (χ4v) is 1.85. The Morgan fingerprint density at radius 2 is 2.16 bits per heavy atom. The molecular formula is C14H19ClFNO2. The lowest BCUT2D eigenvalue weighted by Gasteiger charge is -2.14. The molecule has 1 aromatic rings. The molecule has 1 rings (SSSR count). The lowest BCUT2D eigenvalue weighted by atomic mass is 10.0. The van der Waals surface area contributed by atoms with Crippen molar-refractivity contribution in [2.75, 3.05) is 6.54 Å². The first kappa shape index (κ1) is 15.9. The highest BCUT2D eigenvalue weighted by Crippen LogP contribution is 2.19. The molecule has 0 spiro atoms. The number of amides is 1. The molecule has 19 heavy (non-hydrogen) atoms. The molecule has 0 saturated heterocycles. The third-order valence-electron chi connectivity index (χ3n) is 2.93. The standard InChI is InChI=1S/C14H19ClFNO2/c1-9(2)13(18)6-7-17-14(19)8-10-11(15)4-3-5-12(10)16/h3-5,9,13,18H,6-8H2,1-2H3,(H,17,19). The number of hydrogen-bond acceptors (Lipinski definition) is 2. The third-order valence-corrected chi connectivity index (χ3v) is 3.28. The summed E-state index contributed by atoms with van der Waals surface area (Å²) in [5.74, 6) is -0.634. The summed E-state index contributed by atoms with van der Waals surface area (Å²) in [5, 5.41) is 12.5. The van der Waals surface area contributed by atoms with E-state index in [1.54, 1.807) is 6.07 Å². The Bertz CT molecular complexity index is 417. The number of halogens is 2. The van der Waals surface area contributed by atoms with Crippen LogP contribution in [0.15, 0.2) is 18.2 Å². The number of carbonyl (C=O) groups is 1. The molecule has 0 heterocycles. The van der Waals surface area contributed by atoms with E-state index >= 15 is 0 Å². The number of benzene rings is 1. The maximum atomic E-state index is 13.5. The lowest BCUT2D eigenvalue weighted by Crippen LogP contribution is -2.30. The third kappa shape index (κ3) is 5.17. The summed E-state index contributed by atoms with van der Waals surface area (Å²) in [6, 6.07) is 4.32.